The molecule has 0 atom stereocenters. The second-order valence-corrected chi connectivity index (χ2v) is 6.67. The van der Waals surface area contributed by atoms with Crippen molar-refractivity contribution >= 4 is 26.5 Å². The van der Waals surface area contributed by atoms with E-state index in [0.717, 1.165) is 16.8 Å². The lowest BCUT2D eigenvalue weighted by Gasteiger charge is -2.12. The van der Waals surface area contributed by atoms with Crippen LogP contribution in [0.15, 0.2) is 71.6 Å². The summed E-state index contributed by atoms with van der Waals surface area (Å²) in [7, 11) is -3.94. The topological polar surface area (TPSA) is 55.4 Å². The fourth-order valence-corrected chi connectivity index (χ4v) is 3.45. The Morgan fingerprint density at radius 1 is 0.917 bits per heavy atom. The number of hydrogen-bond donors (Lipinski definition) is 1. The maximum Gasteiger partial charge on any atom is 0.387 e. The summed E-state index contributed by atoms with van der Waals surface area (Å²) in [5, 5.41) is 1.62. The molecule has 0 fully saturated rings. The molecule has 1 N–H and O–H groups in total. The number of alkyl halides is 2. The molecule has 0 aliphatic heterocycles. The molecule has 0 radical (unpaired) electrons. The Kier molecular flexibility index (Phi) is 4.35. The highest BCUT2D eigenvalue weighted by Crippen LogP contribution is 2.27. The fraction of sp³-hybridized carbons (Fsp3) is 0.0588. The molecule has 0 aliphatic rings. The first-order valence-corrected chi connectivity index (χ1v) is 8.49. The molecule has 0 unspecified atom stereocenters. The normalized spacial score (nSPS) is 11.6. The van der Waals surface area contributed by atoms with E-state index in [-0.39, 0.29) is 10.6 Å². The van der Waals surface area contributed by atoms with Crippen molar-refractivity contribution in [2.24, 2.45) is 0 Å². The zero-order valence-electron chi connectivity index (χ0n) is 12.3. The molecule has 124 valence electrons. The number of ether oxygens (including phenoxy) is 1. The SMILES string of the molecule is O=S(=O)(Nc1cccc2ccccc12)c1cccc(OC(F)F)c1. The molecule has 0 aliphatic carbocycles. The van der Waals surface area contributed by atoms with Crippen molar-refractivity contribution in [3.63, 3.8) is 0 Å². The van der Waals surface area contributed by atoms with Crippen molar-refractivity contribution in [1.82, 2.24) is 0 Å². The maximum atomic E-state index is 12.5. The Bertz CT molecular complexity index is 969. The van der Waals surface area contributed by atoms with Crippen molar-refractivity contribution in [1.29, 1.82) is 0 Å². The molecule has 24 heavy (non-hydrogen) atoms. The van der Waals surface area contributed by atoms with Crippen molar-refractivity contribution in [3.05, 3.63) is 66.7 Å². The highest BCUT2D eigenvalue weighted by atomic mass is 32.2. The third kappa shape index (κ3) is 3.46. The zero-order chi connectivity index (χ0) is 17.2. The van der Waals surface area contributed by atoms with Gasteiger partial charge in [-0.05, 0) is 23.6 Å². The minimum Gasteiger partial charge on any atom is -0.435 e. The average Bonchev–Trinajstić information content (AvgIpc) is 2.55. The Labute approximate surface area is 137 Å². The van der Waals surface area contributed by atoms with Crippen LogP contribution in [0.2, 0.25) is 0 Å². The minimum absolute atomic E-state index is 0.159. The van der Waals surface area contributed by atoms with Crippen LogP contribution in [0, 0.1) is 0 Å². The molecule has 0 aromatic heterocycles. The number of halogens is 2. The van der Waals surface area contributed by atoms with E-state index in [4.69, 9.17) is 0 Å². The number of fused-ring (bicyclic) bond motifs is 1. The first-order chi connectivity index (χ1) is 11.5. The van der Waals surface area contributed by atoms with Crippen LogP contribution >= 0.6 is 0 Å². The Morgan fingerprint density at radius 3 is 2.42 bits per heavy atom. The van der Waals surface area contributed by atoms with Gasteiger partial charge in [-0.2, -0.15) is 8.78 Å². The van der Waals surface area contributed by atoms with E-state index in [1.54, 1.807) is 24.3 Å². The highest BCUT2D eigenvalue weighted by Gasteiger charge is 2.17. The average molecular weight is 349 g/mol. The lowest BCUT2D eigenvalue weighted by Crippen LogP contribution is -2.13. The highest BCUT2D eigenvalue weighted by molar-refractivity contribution is 7.92. The summed E-state index contributed by atoms with van der Waals surface area (Å²) in [6.45, 7) is -3.02. The molecule has 4 nitrogen and oxygen atoms in total. The summed E-state index contributed by atoms with van der Waals surface area (Å²) in [5.74, 6) is -0.217. The molecule has 0 heterocycles. The lowest BCUT2D eigenvalue weighted by molar-refractivity contribution is -0.0499. The van der Waals surface area contributed by atoms with Crippen LogP contribution < -0.4 is 9.46 Å². The van der Waals surface area contributed by atoms with Crippen molar-refractivity contribution in [2.45, 2.75) is 11.5 Å². The smallest absolute Gasteiger partial charge is 0.387 e. The van der Waals surface area contributed by atoms with Crippen LogP contribution in [-0.2, 0) is 10.0 Å². The summed E-state index contributed by atoms with van der Waals surface area (Å²) in [6.07, 6.45) is 0. The van der Waals surface area contributed by atoms with E-state index in [9.17, 15) is 17.2 Å². The maximum absolute atomic E-state index is 12.5. The predicted molar refractivity (Wildman–Crippen MR) is 87.8 cm³/mol. The number of anilines is 1. The third-order valence-electron chi connectivity index (χ3n) is 3.37. The van der Waals surface area contributed by atoms with Gasteiger partial charge >= 0.3 is 6.61 Å². The number of hydrogen-bond acceptors (Lipinski definition) is 3. The number of rotatable bonds is 5. The molecule has 0 spiro atoms. The van der Waals surface area contributed by atoms with Gasteiger partial charge in [0.1, 0.15) is 5.75 Å². The van der Waals surface area contributed by atoms with Gasteiger partial charge in [-0.15, -0.1) is 0 Å². The van der Waals surface area contributed by atoms with Crippen LogP contribution in [0.1, 0.15) is 0 Å². The van der Waals surface area contributed by atoms with Crippen LogP contribution in [-0.4, -0.2) is 15.0 Å². The first-order valence-electron chi connectivity index (χ1n) is 7.01. The molecule has 0 saturated heterocycles. The van der Waals surface area contributed by atoms with Gasteiger partial charge < -0.3 is 4.74 Å². The van der Waals surface area contributed by atoms with E-state index in [1.807, 2.05) is 18.2 Å². The lowest BCUT2D eigenvalue weighted by atomic mass is 10.1. The molecule has 0 amide bonds. The van der Waals surface area contributed by atoms with Gasteiger partial charge in [-0.3, -0.25) is 4.72 Å². The van der Waals surface area contributed by atoms with Gasteiger partial charge in [0.05, 0.1) is 10.6 Å². The predicted octanol–water partition coefficient (Wildman–Crippen LogP) is 4.24. The number of sulfonamides is 1. The van der Waals surface area contributed by atoms with E-state index < -0.39 is 16.6 Å². The van der Waals surface area contributed by atoms with E-state index in [2.05, 4.69) is 9.46 Å². The molecule has 3 rings (SSSR count). The Morgan fingerprint density at radius 2 is 1.62 bits per heavy atom. The molecular formula is C17H13F2NO3S. The molecular weight excluding hydrogens is 336 g/mol. The third-order valence-corrected chi connectivity index (χ3v) is 4.74. The number of nitrogens with one attached hydrogen (secondary N) is 1. The van der Waals surface area contributed by atoms with Gasteiger partial charge in [0.2, 0.25) is 0 Å². The van der Waals surface area contributed by atoms with E-state index >= 15 is 0 Å². The van der Waals surface area contributed by atoms with Crippen molar-refractivity contribution in [3.8, 4) is 5.75 Å². The second-order valence-electron chi connectivity index (χ2n) is 4.99. The largest absolute Gasteiger partial charge is 0.435 e. The summed E-state index contributed by atoms with van der Waals surface area (Å²) in [6, 6.07) is 17.5. The summed E-state index contributed by atoms with van der Waals surface area (Å²) >= 11 is 0. The first kappa shape index (κ1) is 16.2. The van der Waals surface area contributed by atoms with E-state index in [0.29, 0.717) is 5.69 Å². The molecule has 0 saturated carbocycles. The fourth-order valence-electron chi connectivity index (χ4n) is 2.34. The molecule has 0 bridgehead atoms. The van der Waals surface area contributed by atoms with Gasteiger partial charge in [0.25, 0.3) is 10.0 Å². The molecule has 3 aromatic carbocycles. The zero-order valence-corrected chi connectivity index (χ0v) is 13.1. The number of benzene rings is 3. The Hall–Kier alpha value is -2.67. The molecule has 7 heteroatoms. The second kappa shape index (κ2) is 6.45. The summed E-state index contributed by atoms with van der Waals surface area (Å²) < 4.78 is 56.4. The Balaban J connectivity index is 1.96. The summed E-state index contributed by atoms with van der Waals surface area (Å²) in [5.41, 5.74) is 0.410. The van der Waals surface area contributed by atoms with Gasteiger partial charge in [0, 0.05) is 11.5 Å². The summed E-state index contributed by atoms with van der Waals surface area (Å²) in [4.78, 5) is -0.159. The van der Waals surface area contributed by atoms with Crippen LogP contribution in [0.25, 0.3) is 10.8 Å². The molecule has 3 aromatic rings. The quantitative estimate of drug-likeness (QED) is 0.749. The van der Waals surface area contributed by atoms with Gasteiger partial charge in [-0.1, -0.05) is 42.5 Å². The van der Waals surface area contributed by atoms with Crippen LogP contribution in [0.3, 0.4) is 0 Å². The van der Waals surface area contributed by atoms with Crippen LogP contribution in [0.4, 0.5) is 14.5 Å². The van der Waals surface area contributed by atoms with Crippen LogP contribution in [0.5, 0.6) is 5.75 Å². The monoisotopic (exact) mass is 349 g/mol. The standard InChI is InChI=1S/C17H13F2NO3S/c18-17(19)23-13-7-4-8-14(11-13)24(21,22)20-16-10-3-6-12-5-1-2-9-15(12)16/h1-11,17,20H. The minimum atomic E-state index is -3.94. The van der Waals surface area contributed by atoms with Crippen molar-refractivity contribution in [2.75, 3.05) is 4.72 Å². The van der Waals surface area contributed by atoms with Gasteiger partial charge in [0.15, 0.2) is 0 Å². The van der Waals surface area contributed by atoms with Gasteiger partial charge in [-0.25, -0.2) is 8.42 Å². The van der Waals surface area contributed by atoms with Crippen molar-refractivity contribution < 1.29 is 21.9 Å². The van der Waals surface area contributed by atoms with E-state index in [1.165, 1.54) is 18.2 Å².